The molecule has 11 heavy (non-hydrogen) atoms. The molecule has 0 unspecified atom stereocenters. The standard InChI is InChI=1S/C10H19O/c11-9-5-4-8-10-6-2-1-3-7-10/h9-11H,1-8H2. The van der Waals surface area contributed by atoms with Gasteiger partial charge in [-0.05, 0) is 12.3 Å². The molecule has 1 nitrogen and oxygen atoms in total. The molecule has 1 heteroatoms. The van der Waals surface area contributed by atoms with Gasteiger partial charge in [0.2, 0.25) is 0 Å². The minimum absolute atomic E-state index is 0.885. The van der Waals surface area contributed by atoms with Crippen LogP contribution in [0.15, 0.2) is 0 Å². The van der Waals surface area contributed by atoms with Crippen LogP contribution in [0.25, 0.3) is 0 Å². The first-order valence-electron chi connectivity index (χ1n) is 4.89. The van der Waals surface area contributed by atoms with Gasteiger partial charge in [0.1, 0.15) is 0 Å². The fourth-order valence-electron chi connectivity index (χ4n) is 1.97. The Labute approximate surface area is 69.8 Å². The molecule has 1 rings (SSSR count). The molecule has 65 valence electrons. The fourth-order valence-corrected chi connectivity index (χ4v) is 1.97. The van der Waals surface area contributed by atoms with Crippen molar-refractivity contribution in [3.8, 4) is 0 Å². The van der Waals surface area contributed by atoms with Crippen LogP contribution in [0.5, 0.6) is 0 Å². The average Bonchev–Trinajstić information content (AvgIpc) is 2.07. The molecule has 0 heterocycles. The van der Waals surface area contributed by atoms with Gasteiger partial charge < -0.3 is 5.11 Å². The van der Waals surface area contributed by atoms with E-state index in [4.69, 9.17) is 5.11 Å². The van der Waals surface area contributed by atoms with Crippen LogP contribution in [0, 0.1) is 12.5 Å². The van der Waals surface area contributed by atoms with Crippen LogP contribution in [0.2, 0.25) is 0 Å². The second kappa shape index (κ2) is 5.59. The molecule has 1 N–H and O–H groups in total. The van der Waals surface area contributed by atoms with Crippen molar-refractivity contribution < 1.29 is 5.11 Å². The van der Waals surface area contributed by atoms with Gasteiger partial charge in [-0.25, -0.2) is 0 Å². The van der Waals surface area contributed by atoms with E-state index in [2.05, 4.69) is 0 Å². The minimum atomic E-state index is 0.885. The van der Waals surface area contributed by atoms with Crippen LogP contribution in [0.1, 0.15) is 51.4 Å². The smallest absolute Gasteiger partial charge is 0.0799 e. The Hall–Kier alpha value is -0.0400. The average molecular weight is 155 g/mol. The first-order valence-corrected chi connectivity index (χ1v) is 4.89. The molecule has 0 aromatic carbocycles. The molecule has 0 saturated heterocycles. The van der Waals surface area contributed by atoms with E-state index in [-0.39, 0.29) is 0 Å². The number of rotatable bonds is 4. The lowest BCUT2D eigenvalue weighted by Gasteiger charge is -2.20. The van der Waals surface area contributed by atoms with Gasteiger partial charge >= 0.3 is 0 Å². The van der Waals surface area contributed by atoms with E-state index < -0.39 is 0 Å². The summed E-state index contributed by atoms with van der Waals surface area (Å²) in [5.41, 5.74) is 0. The van der Waals surface area contributed by atoms with Gasteiger partial charge in [-0.1, -0.05) is 44.9 Å². The maximum atomic E-state index is 8.47. The summed E-state index contributed by atoms with van der Waals surface area (Å²) >= 11 is 0. The summed E-state index contributed by atoms with van der Waals surface area (Å²) in [4.78, 5) is 0. The number of unbranched alkanes of at least 4 members (excludes halogenated alkanes) is 1. The molecule has 0 aromatic rings. The van der Waals surface area contributed by atoms with Crippen molar-refractivity contribution in [3.05, 3.63) is 6.61 Å². The van der Waals surface area contributed by atoms with Gasteiger partial charge in [0.25, 0.3) is 0 Å². The number of hydrogen-bond donors (Lipinski definition) is 1. The van der Waals surface area contributed by atoms with Crippen molar-refractivity contribution in [1.29, 1.82) is 0 Å². The monoisotopic (exact) mass is 155 g/mol. The molecule has 0 aliphatic heterocycles. The van der Waals surface area contributed by atoms with Crippen LogP contribution in [-0.2, 0) is 0 Å². The van der Waals surface area contributed by atoms with Gasteiger partial charge in [-0.3, -0.25) is 0 Å². The van der Waals surface area contributed by atoms with Crippen molar-refractivity contribution in [3.63, 3.8) is 0 Å². The van der Waals surface area contributed by atoms with Crippen LogP contribution >= 0.6 is 0 Å². The molecule has 1 saturated carbocycles. The van der Waals surface area contributed by atoms with Crippen molar-refractivity contribution in [1.82, 2.24) is 0 Å². The summed E-state index contributed by atoms with van der Waals surface area (Å²) in [5, 5.41) is 8.47. The van der Waals surface area contributed by atoms with E-state index >= 15 is 0 Å². The van der Waals surface area contributed by atoms with Crippen LogP contribution in [-0.4, -0.2) is 5.11 Å². The molecule has 0 spiro atoms. The molecule has 0 bridgehead atoms. The predicted octanol–water partition coefficient (Wildman–Crippen LogP) is 3.27. The van der Waals surface area contributed by atoms with Crippen molar-refractivity contribution >= 4 is 0 Å². The zero-order valence-corrected chi connectivity index (χ0v) is 7.26. The Bertz CT molecular complexity index is 84.9. The first kappa shape index (κ1) is 9.05. The summed E-state index contributed by atoms with van der Waals surface area (Å²) in [6, 6.07) is 0. The predicted molar refractivity (Wildman–Crippen MR) is 46.7 cm³/mol. The van der Waals surface area contributed by atoms with Gasteiger partial charge in [0.05, 0.1) is 6.61 Å². The second-order valence-corrected chi connectivity index (χ2v) is 3.62. The number of hydrogen-bond acceptors (Lipinski definition) is 1. The van der Waals surface area contributed by atoms with Crippen molar-refractivity contribution in [2.24, 2.45) is 5.92 Å². The summed E-state index contributed by atoms with van der Waals surface area (Å²) < 4.78 is 0. The Kier molecular flexibility index (Phi) is 4.60. The maximum Gasteiger partial charge on any atom is 0.0799 e. The molecule has 0 amide bonds. The lowest BCUT2D eigenvalue weighted by molar-refractivity contribution is 0.315. The summed E-state index contributed by atoms with van der Waals surface area (Å²) in [5.74, 6) is 0.976. The van der Waals surface area contributed by atoms with Crippen molar-refractivity contribution in [2.45, 2.75) is 51.4 Å². The highest BCUT2D eigenvalue weighted by Gasteiger charge is 2.11. The van der Waals surface area contributed by atoms with Gasteiger partial charge in [-0.2, -0.15) is 0 Å². The molecule has 1 fully saturated rings. The maximum absolute atomic E-state index is 8.47. The molecular formula is C10H19O. The third kappa shape index (κ3) is 3.76. The second-order valence-electron chi connectivity index (χ2n) is 3.62. The van der Waals surface area contributed by atoms with E-state index in [0.717, 1.165) is 12.3 Å². The lowest BCUT2D eigenvalue weighted by atomic mass is 9.86. The molecule has 1 aliphatic carbocycles. The van der Waals surface area contributed by atoms with Crippen LogP contribution < -0.4 is 0 Å². The molecule has 1 radical (unpaired) electrons. The summed E-state index contributed by atoms with van der Waals surface area (Å²) in [6.45, 7) is 1.29. The largest absolute Gasteiger partial charge is 0.390 e. The third-order valence-corrected chi connectivity index (χ3v) is 2.67. The SMILES string of the molecule is O[CH]CCCC1CCCCC1. The lowest BCUT2D eigenvalue weighted by Crippen LogP contribution is -2.05. The minimum Gasteiger partial charge on any atom is -0.390 e. The van der Waals surface area contributed by atoms with E-state index in [9.17, 15) is 0 Å². The van der Waals surface area contributed by atoms with E-state index in [1.165, 1.54) is 51.6 Å². The number of aliphatic hydroxyl groups is 1. The van der Waals surface area contributed by atoms with Crippen molar-refractivity contribution in [2.75, 3.05) is 0 Å². The highest BCUT2D eigenvalue weighted by molar-refractivity contribution is 4.66. The van der Waals surface area contributed by atoms with E-state index in [1.54, 1.807) is 0 Å². The summed E-state index contributed by atoms with van der Waals surface area (Å²) in [7, 11) is 0. The van der Waals surface area contributed by atoms with E-state index in [1.807, 2.05) is 0 Å². The normalized spacial score (nSPS) is 20.5. The van der Waals surface area contributed by atoms with Crippen LogP contribution in [0.4, 0.5) is 0 Å². The fraction of sp³-hybridized carbons (Fsp3) is 0.900. The first-order chi connectivity index (χ1) is 5.43. The highest BCUT2D eigenvalue weighted by Crippen LogP contribution is 2.27. The Morgan fingerprint density at radius 3 is 2.55 bits per heavy atom. The highest BCUT2D eigenvalue weighted by atomic mass is 16.2. The molecule has 0 atom stereocenters. The summed E-state index contributed by atoms with van der Waals surface area (Å²) in [6.07, 6.45) is 10.6. The molecule has 1 aliphatic rings. The topological polar surface area (TPSA) is 20.2 Å². The van der Waals surface area contributed by atoms with E-state index in [0.29, 0.717) is 0 Å². The Morgan fingerprint density at radius 1 is 1.18 bits per heavy atom. The van der Waals surface area contributed by atoms with Gasteiger partial charge in [0, 0.05) is 0 Å². The van der Waals surface area contributed by atoms with Crippen LogP contribution in [0.3, 0.4) is 0 Å². The molecular weight excluding hydrogens is 136 g/mol. The molecule has 0 aromatic heterocycles. The zero-order valence-electron chi connectivity index (χ0n) is 7.26. The quantitative estimate of drug-likeness (QED) is 0.618. The van der Waals surface area contributed by atoms with Gasteiger partial charge in [0.15, 0.2) is 0 Å². The Morgan fingerprint density at radius 2 is 1.91 bits per heavy atom. The third-order valence-electron chi connectivity index (χ3n) is 2.67. The zero-order chi connectivity index (χ0) is 7.94. The van der Waals surface area contributed by atoms with Gasteiger partial charge in [-0.15, -0.1) is 0 Å². The Balaban J connectivity index is 1.96. The number of aliphatic hydroxyl groups excluding tert-OH is 1.